The lowest BCUT2D eigenvalue weighted by atomic mass is 10.2. The molecule has 0 aliphatic heterocycles. The molecule has 0 fully saturated rings. The van der Waals surface area contributed by atoms with Crippen LogP contribution < -0.4 is 0 Å². The van der Waals surface area contributed by atoms with Gasteiger partial charge in [0, 0.05) is 0 Å². The molecule has 1 heterocycles. The van der Waals surface area contributed by atoms with Gasteiger partial charge in [-0.2, -0.15) is 0 Å². The minimum Gasteiger partial charge on any atom is -0.466 e. The molecule has 0 aliphatic carbocycles. The quantitative estimate of drug-likeness (QED) is 0.683. The number of aryl methyl sites for hydroxylation is 1. The summed E-state index contributed by atoms with van der Waals surface area (Å²) in [7, 11) is 0. The highest BCUT2D eigenvalue weighted by Gasteiger charge is 2.12. The van der Waals surface area contributed by atoms with E-state index in [2.05, 4.69) is 0 Å². The van der Waals surface area contributed by atoms with Crippen molar-refractivity contribution in [1.82, 2.24) is 0 Å². The first-order valence-corrected chi connectivity index (χ1v) is 3.03. The van der Waals surface area contributed by atoms with Crippen LogP contribution in [0.1, 0.15) is 17.4 Å². The SMILES string of the molecule is Cc1ccoc1C(O)CF. The summed E-state index contributed by atoms with van der Waals surface area (Å²) in [5.41, 5.74) is 0.783. The number of halogens is 1. The maximum atomic E-state index is 11.8. The number of furan rings is 1. The summed E-state index contributed by atoms with van der Waals surface area (Å²) in [6.45, 7) is 0.964. The predicted octanol–water partition coefficient (Wildman–Crippen LogP) is 1.59. The third-order valence-electron chi connectivity index (χ3n) is 1.35. The zero-order valence-electron chi connectivity index (χ0n) is 5.67. The second kappa shape index (κ2) is 2.84. The standard InChI is InChI=1S/C7H9FO2/c1-5-2-3-10-7(5)6(9)4-8/h2-3,6,9H,4H2,1H3. The molecule has 0 aromatic carbocycles. The minimum atomic E-state index is -1.10. The molecular weight excluding hydrogens is 135 g/mol. The second-order valence-electron chi connectivity index (χ2n) is 2.14. The Morgan fingerprint density at radius 3 is 2.90 bits per heavy atom. The highest BCUT2D eigenvalue weighted by atomic mass is 19.1. The Kier molecular flexibility index (Phi) is 2.06. The van der Waals surface area contributed by atoms with Crippen LogP contribution in [0.3, 0.4) is 0 Å². The summed E-state index contributed by atoms with van der Waals surface area (Å²) >= 11 is 0. The molecule has 3 heteroatoms. The minimum absolute atomic E-state index is 0.322. The molecule has 0 spiro atoms. The fraction of sp³-hybridized carbons (Fsp3) is 0.429. The smallest absolute Gasteiger partial charge is 0.140 e. The van der Waals surface area contributed by atoms with Crippen LogP contribution in [0.5, 0.6) is 0 Å². The van der Waals surface area contributed by atoms with Crippen molar-refractivity contribution < 1.29 is 13.9 Å². The van der Waals surface area contributed by atoms with Crippen molar-refractivity contribution in [2.75, 3.05) is 6.67 Å². The van der Waals surface area contributed by atoms with Crippen LogP contribution in [0, 0.1) is 6.92 Å². The van der Waals surface area contributed by atoms with Gasteiger partial charge in [-0.25, -0.2) is 4.39 Å². The fourth-order valence-electron chi connectivity index (χ4n) is 0.796. The monoisotopic (exact) mass is 144 g/mol. The van der Waals surface area contributed by atoms with Gasteiger partial charge in [0.05, 0.1) is 6.26 Å². The maximum absolute atomic E-state index is 11.8. The molecule has 1 unspecified atom stereocenters. The van der Waals surface area contributed by atoms with E-state index in [-0.39, 0.29) is 0 Å². The molecule has 0 bridgehead atoms. The first kappa shape index (κ1) is 7.28. The number of hydrogen-bond acceptors (Lipinski definition) is 2. The molecule has 2 nitrogen and oxygen atoms in total. The molecule has 0 saturated heterocycles. The highest BCUT2D eigenvalue weighted by Crippen LogP contribution is 2.18. The Labute approximate surface area is 58.3 Å². The lowest BCUT2D eigenvalue weighted by Gasteiger charge is -2.01. The predicted molar refractivity (Wildman–Crippen MR) is 34.4 cm³/mol. The van der Waals surface area contributed by atoms with Gasteiger partial charge in [0.25, 0.3) is 0 Å². The average Bonchev–Trinajstić information content (AvgIpc) is 2.34. The van der Waals surface area contributed by atoms with Crippen molar-refractivity contribution in [2.45, 2.75) is 13.0 Å². The molecule has 1 rings (SSSR count). The third kappa shape index (κ3) is 1.19. The lowest BCUT2D eigenvalue weighted by Crippen LogP contribution is -1.98. The van der Waals surface area contributed by atoms with Gasteiger partial charge < -0.3 is 9.52 Å². The van der Waals surface area contributed by atoms with E-state index in [1.807, 2.05) is 0 Å². The number of alkyl halides is 1. The Hall–Kier alpha value is -0.830. The highest BCUT2D eigenvalue weighted by molar-refractivity contribution is 5.16. The van der Waals surface area contributed by atoms with Crippen LogP contribution >= 0.6 is 0 Å². The Balaban J connectivity index is 2.82. The summed E-state index contributed by atoms with van der Waals surface area (Å²) in [5.74, 6) is 0.322. The van der Waals surface area contributed by atoms with Crippen LogP contribution in [0.4, 0.5) is 4.39 Å². The third-order valence-corrected chi connectivity index (χ3v) is 1.35. The molecule has 1 atom stereocenters. The molecule has 0 radical (unpaired) electrons. The van der Waals surface area contributed by atoms with Crippen molar-refractivity contribution in [1.29, 1.82) is 0 Å². The van der Waals surface area contributed by atoms with E-state index in [9.17, 15) is 4.39 Å². The summed E-state index contributed by atoms with van der Waals surface area (Å²) < 4.78 is 16.6. The summed E-state index contributed by atoms with van der Waals surface area (Å²) in [6, 6.07) is 1.69. The van der Waals surface area contributed by atoms with Gasteiger partial charge in [-0.05, 0) is 18.6 Å². The fourth-order valence-corrected chi connectivity index (χ4v) is 0.796. The number of hydrogen-bond donors (Lipinski definition) is 1. The van der Waals surface area contributed by atoms with Crippen molar-refractivity contribution in [3.63, 3.8) is 0 Å². The largest absolute Gasteiger partial charge is 0.466 e. The van der Waals surface area contributed by atoms with E-state index < -0.39 is 12.8 Å². The molecule has 10 heavy (non-hydrogen) atoms. The molecule has 0 saturated carbocycles. The van der Waals surface area contributed by atoms with E-state index >= 15 is 0 Å². The normalized spacial score (nSPS) is 13.5. The van der Waals surface area contributed by atoms with Crippen molar-refractivity contribution in [2.24, 2.45) is 0 Å². The molecule has 1 N–H and O–H groups in total. The molecule has 1 aromatic rings. The van der Waals surface area contributed by atoms with Crippen LogP contribution in [-0.4, -0.2) is 11.8 Å². The molecular formula is C7H9FO2. The van der Waals surface area contributed by atoms with Crippen molar-refractivity contribution in [3.8, 4) is 0 Å². The van der Waals surface area contributed by atoms with Gasteiger partial charge in [-0.3, -0.25) is 0 Å². The van der Waals surface area contributed by atoms with Crippen LogP contribution in [-0.2, 0) is 0 Å². The lowest BCUT2D eigenvalue weighted by molar-refractivity contribution is 0.117. The van der Waals surface area contributed by atoms with E-state index in [1.165, 1.54) is 6.26 Å². The van der Waals surface area contributed by atoms with Crippen molar-refractivity contribution in [3.05, 3.63) is 23.7 Å². The maximum Gasteiger partial charge on any atom is 0.140 e. The van der Waals surface area contributed by atoms with Crippen LogP contribution in [0.25, 0.3) is 0 Å². The first-order valence-electron chi connectivity index (χ1n) is 3.03. The van der Waals surface area contributed by atoms with Gasteiger partial charge in [0.1, 0.15) is 18.5 Å². The number of aliphatic hydroxyl groups excluding tert-OH is 1. The number of aliphatic hydroxyl groups is 1. The zero-order chi connectivity index (χ0) is 7.56. The summed E-state index contributed by atoms with van der Waals surface area (Å²) in [6.07, 6.45) is 0.332. The van der Waals surface area contributed by atoms with Crippen molar-refractivity contribution >= 4 is 0 Å². The average molecular weight is 144 g/mol. The van der Waals surface area contributed by atoms with E-state index in [1.54, 1.807) is 13.0 Å². The molecule has 56 valence electrons. The van der Waals surface area contributed by atoms with Gasteiger partial charge in [0.2, 0.25) is 0 Å². The molecule has 0 amide bonds. The summed E-state index contributed by atoms with van der Waals surface area (Å²) in [4.78, 5) is 0. The molecule has 1 aromatic heterocycles. The van der Waals surface area contributed by atoms with Gasteiger partial charge in [0.15, 0.2) is 0 Å². The van der Waals surface area contributed by atoms with E-state index in [0.29, 0.717) is 5.76 Å². The van der Waals surface area contributed by atoms with Crippen LogP contribution in [0.2, 0.25) is 0 Å². The molecule has 0 aliphatic rings. The van der Waals surface area contributed by atoms with Crippen LogP contribution in [0.15, 0.2) is 16.7 Å². The Morgan fingerprint density at radius 2 is 2.50 bits per heavy atom. The Bertz CT molecular complexity index is 207. The Morgan fingerprint density at radius 1 is 1.80 bits per heavy atom. The topological polar surface area (TPSA) is 33.4 Å². The summed E-state index contributed by atoms with van der Waals surface area (Å²) in [5, 5.41) is 8.93. The van der Waals surface area contributed by atoms with Gasteiger partial charge in [-0.15, -0.1) is 0 Å². The van der Waals surface area contributed by atoms with Gasteiger partial charge >= 0.3 is 0 Å². The first-order chi connectivity index (χ1) is 4.75. The van der Waals surface area contributed by atoms with Gasteiger partial charge in [-0.1, -0.05) is 0 Å². The second-order valence-corrected chi connectivity index (χ2v) is 2.14. The number of rotatable bonds is 2. The van der Waals surface area contributed by atoms with E-state index in [0.717, 1.165) is 5.56 Å². The van der Waals surface area contributed by atoms with E-state index in [4.69, 9.17) is 9.52 Å². The zero-order valence-corrected chi connectivity index (χ0v) is 5.67.